The Morgan fingerprint density at radius 3 is 2.40 bits per heavy atom. The Hall–Kier alpha value is -2.71. The van der Waals surface area contributed by atoms with E-state index in [1.807, 2.05) is 0 Å². The third kappa shape index (κ3) is 6.67. The number of hydrogen-bond donors (Lipinski definition) is 2. The first-order valence-electron chi connectivity index (χ1n) is 9.23. The topological polar surface area (TPSA) is 78.9 Å². The van der Waals surface area contributed by atoms with E-state index in [0.29, 0.717) is 0 Å². The maximum absolute atomic E-state index is 14.5. The van der Waals surface area contributed by atoms with Crippen molar-refractivity contribution in [2.75, 3.05) is 23.3 Å². The van der Waals surface area contributed by atoms with Crippen LogP contribution in [0.3, 0.4) is 0 Å². The third-order valence-corrected chi connectivity index (χ3v) is 4.35. The number of amides is 1. The monoisotopic (exact) mass is 440 g/mol. The van der Waals surface area contributed by atoms with Crippen LogP contribution in [-0.4, -0.2) is 42.3 Å². The summed E-state index contributed by atoms with van der Waals surface area (Å²) in [5.74, 6) is -2.25. The van der Waals surface area contributed by atoms with Crippen molar-refractivity contribution < 1.29 is 28.2 Å². The van der Waals surface area contributed by atoms with Crippen LogP contribution in [0.4, 0.5) is 20.2 Å². The Bertz CT molecular complexity index is 924. The molecular formula is C21H23ClF2N2O4. The lowest BCUT2D eigenvalue weighted by atomic mass is 10.1. The van der Waals surface area contributed by atoms with Crippen LogP contribution in [0, 0.1) is 11.6 Å². The number of hydrogen-bond acceptors (Lipinski definition) is 5. The fourth-order valence-electron chi connectivity index (χ4n) is 2.89. The summed E-state index contributed by atoms with van der Waals surface area (Å²) in [7, 11) is 0. The van der Waals surface area contributed by atoms with E-state index in [0.717, 1.165) is 12.1 Å². The SMILES string of the molecule is CC(=O)O[C@H](C)CN(C[C@H](C)O)c1cc(C(=O)Nc2ccc(F)c(Cl)c2)ccc1F. The number of rotatable bonds is 8. The Balaban J connectivity index is 2.28. The second kappa shape index (κ2) is 10.4. The van der Waals surface area contributed by atoms with Crippen molar-refractivity contribution in [2.45, 2.75) is 33.0 Å². The van der Waals surface area contributed by atoms with Crippen LogP contribution in [0.5, 0.6) is 0 Å². The van der Waals surface area contributed by atoms with Gasteiger partial charge in [-0.05, 0) is 50.2 Å². The number of halogens is 3. The van der Waals surface area contributed by atoms with Crippen LogP contribution in [0.15, 0.2) is 36.4 Å². The molecule has 0 aromatic heterocycles. The molecule has 2 N–H and O–H groups in total. The molecule has 0 spiro atoms. The predicted molar refractivity (Wildman–Crippen MR) is 111 cm³/mol. The van der Waals surface area contributed by atoms with Gasteiger partial charge in [0.25, 0.3) is 5.91 Å². The van der Waals surface area contributed by atoms with Crippen LogP contribution in [0.25, 0.3) is 0 Å². The number of nitrogens with zero attached hydrogens (tertiary/aromatic N) is 1. The molecule has 162 valence electrons. The average molecular weight is 441 g/mol. The summed E-state index contributed by atoms with van der Waals surface area (Å²) in [6.45, 7) is 4.61. The second-order valence-electron chi connectivity index (χ2n) is 6.92. The van der Waals surface area contributed by atoms with E-state index in [1.54, 1.807) is 6.92 Å². The van der Waals surface area contributed by atoms with Crippen molar-refractivity contribution in [3.05, 3.63) is 58.6 Å². The quantitative estimate of drug-likeness (QED) is 0.606. The summed E-state index contributed by atoms with van der Waals surface area (Å²) in [6.07, 6.45) is -1.37. The van der Waals surface area contributed by atoms with E-state index in [4.69, 9.17) is 16.3 Å². The molecule has 2 atom stereocenters. The fraction of sp³-hybridized carbons (Fsp3) is 0.333. The Morgan fingerprint density at radius 1 is 1.13 bits per heavy atom. The normalized spacial score (nSPS) is 12.8. The molecule has 0 fully saturated rings. The van der Waals surface area contributed by atoms with E-state index in [9.17, 15) is 23.5 Å². The van der Waals surface area contributed by atoms with E-state index in [2.05, 4.69) is 5.32 Å². The molecule has 2 rings (SSSR count). The van der Waals surface area contributed by atoms with Crippen molar-refractivity contribution in [3.8, 4) is 0 Å². The number of nitrogens with one attached hydrogen (secondary N) is 1. The van der Waals surface area contributed by atoms with E-state index < -0.39 is 35.7 Å². The molecule has 1 amide bonds. The van der Waals surface area contributed by atoms with Gasteiger partial charge in [-0.15, -0.1) is 0 Å². The number of ether oxygens (including phenoxy) is 1. The zero-order valence-corrected chi connectivity index (χ0v) is 17.5. The number of carbonyl (C=O) groups excluding carboxylic acids is 2. The van der Waals surface area contributed by atoms with Crippen LogP contribution >= 0.6 is 11.6 Å². The number of benzene rings is 2. The molecule has 0 heterocycles. The highest BCUT2D eigenvalue weighted by Gasteiger charge is 2.20. The van der Waals surface area contributed by atoms with E-state index in [-0.39, 0.29) is 35.1 Å². The van der Waals surface area contributed by atoms with Gasteiger partial charge in [-0.2, -0.15) is 0 Å². The lowest BCUT2D eigenvalue weighted by molar-refractivity contribution is -0.145. The number of anilines is 2. The van der Waals surface area contributed by atoms with Crippen LogP contribution in [0.2, 0.25) is 5.02 Å². The lowest BCUT2D eigenvalue weighted by Crippen LogP contribution is -2.38. The van der Waals surface area contributed by atoms with Crippen molar-refractivity contribution in [3.63, 3.8) is 0 Å². The fourth-order valence-corrected chi connectivity index (χ4v) is 3.08. The Morgan fingerprint density at radius 2 is 1.80 bits per heavy atom. The summed E-state index contributed by atoms with van der Waals surface area (Å²) in [4.78, 5) is 25.3. The van der Waals surface area contributed by atoms with Crippen molar-refractivity contribution in [2.24, 2.45) is 0 Å². The van der Waals surface area contributed by atoms with E-state index in [1.165, 1.54) is 43.0 Å². The highest BCUT2D eigenvalue weighted by atomic mass is 35.5. The molecule has 0 aliphatic rings. The molecule has 0 saturated heterocycles. The maximum Gasteiger partial charge on any atom is 0.302 e. The highest BCUT2D eigenvalue weighted by molar-refractivity contribution is 6.31. The van der Waals surface area contributed by atoms with Gasteiger partial charge in [-0.25, -0.2) is 8.78 Å². The highest BCUT2D eigenvalue weighted by Crippen LogP contribution is 2.24. The van der Waals surface area contributed by atoms with Gasteiger partial charge in [-0.1, -0.05) is 11.6 Å². The second-order valence-corrected chi connectivity index (χ2v) is 7.33. The first kappa shape index (κ1) is 23.6. The number of aliphatic hydroxyl groups is 1. The smallest absolute Gasteiger partial charge is 0.302 e. The molecule has 9 heteroatoms. The lowest BCUT2D eigenvalue weighted by Gasteiger charge is -2.29. The van der Waals surface area contributed by atoms with Gasteiger partial charge in [0.05, 0.1) is 23.4 Å². The maximum atomic E-state index is 14.5. The number of carbonyl (C=O) groups is 2. The number of esters is 1. The minimum Gasteiger partial charge on any atom is -0.461 e. The molecule has 0 aliphatic carbocycles. The van der Waals surface area contributed by atoms with Crippen molar-refractivity contribution in [1.82, 2.24) is 0 Å². The Kier molecular flexibility index (Phi) is 8.14. The minimum absolute atomic E-state index is 0.0567. The number of aliphatic hydroxyl groups excluding tert-OH is 1. The summed E-state index contributed by atoms with van der Waals surface area (Å²) >= 11 is 5.72. The molecule has 0 aliphatic heterocycles. The van der Waals surface area contributed by atoms with Gasteiger partial charge >= 0.3 is 5.97 Å². The average Bonchev–Trinajstić information content (AvgIpc) is 2.63. The van der Waals surface area contributed by atoms with Crippen LogP contribution in [0.1, 0.15) is 31.1 Å². The van der Waals surface area contributed by atoms with Crippen molar-refractivity contribution >= 4 is 34.9 Å². The summed E-state index contributed by atoms with van der Waals surface area (Å²) in [5.41, 5.74) is 0.490. The summed E-state index contributed by atoms with van der Waals surface area (Å²) in [6, 6.07) is 7.50. The predicted octanol–water partition coefficient (Wildman–Crippen LogP) is 4.01. The first-order valence-corrected chi connectivity index (χ1v) is 9.60. The van der Waals surface area contributed by atoms with Crippen LogP contribution in [-0.2, 0) is 9.53 Å². The van der Waals surface area contributed by atoms with E-state index >= 15 is 0 Å². The molecule has 2 aromatic rings. The zero-order chi connectivity index (χ0) is 22.4. The van der Waals surface area contributed by atoms with Gasteiger partial charge in [0.1, 0.15) is 17.7 Å². The Labute approximate surface area is 178 Å². The first-order chi connectivity index (χ1) is 14.1. The summed E-state index contributed by atoms with van der Waals surface area (Å²) in [5, 5.41) is 12.2. The molecule has 30 heavy (non-hydrogen) atoms. The minimum atomic E-state index is -0.798. The van der Waals surface area contributed by atoms with Gasteiger partial charge in [-0.3, -0.25) is 9.59 Å². The molecule has 2 aromatic carbocycles. The summed E-state index contributed by atoms with van der Waals surface area (Å²) < 4.78 is 32.9. The third-order valence-electron chi connectivity index (χ3n) is 4.06. The van der Waals surface area contributed by atoms with Crippen LogP contribution < -0.4 is 10.2 Å². The van der Waals surface area contributed by atoms with Gasteiger partial charge in [0, 0.05) is 24.7 Å². The molecule has 0 unspecified atom stereocenters. The van der Waals surface area contributed by atoms with Gasteiger partial charge < -0.3 is 20.1 Å². The molecule has 0 saturated carbocycles. The molecule has 0 radical (unpaired) electrons. The van der Waals surface area contributed by atoms with Crippen molar-refractivity contribution in [1.29, 1.82) is 0 Å². The molecule has 6 nitrogen and oxygen atoms in total. The standard InChI is InChI=1S/C21H23ClF2N2O4/c1-12(27)10-26(11-13(2)30-14(3)28)20-8-15(4-6-19(20)24)21(29)25-16-5-7-18(23)17(22)9-16/h4-9,12-13,27H,10-11H2,1-3H3,(H,25,29)/t12-,13+/m0/s1. The van der Waals surface area contributed by atoms with Gasteiger partial charge in [0.2, 0.25) is 0 Å². The molecule has 0 bridgehead atoms. The zero-order valence-electron chi connectivity index (χ0n) is 16.8. The molecular weight excluding hydrogens is 418 g/mol. The largest absolute Gasteiger partial charge is 0.461 e. The van der Waals surface area contributed by atoms with Gasteiger partial charge in [0.15, 0.2) is 0 Å².